The molecule has 0 aromatic heterocycles. The van der Waals surface area contributed by atoms with Gasteiger partial charge >= 0.3 is 0 Å². The molecular formula is C137H198O10. The fourth-order valence-electron chi connectivity index (χ4n) is 20.7. The van der Waals surface area contributed by atoms with Crippen molar-refractivity contribution in [2.45, 2.75) is 454 Å². The van der Waals surface area contributed by atoms with Gasteiger partial charge in [0.25, 0.3) is 0 Å². The lowest BCUT2D eigenvalue weighted by Gasteiger charge is -2.44. The van der Waals surface area contributed by atoms with Gasteiger partial charge in [0.15, 0.2) is 0 Å². The number of rotatable bonds is 27. The predicted octanol–water partition coefficient (Wildman–Crippen LogP) is 37.9. The standard InChI is InChI=1S/C28H40O2.C22H30O3.C21H28O2.C16H24O.C16H18O.C14H22.C11H16O.C9H20/c1-8-20-16-23(14-18(3)25(20)29)27(5,6)22-10-12-28(7,13-11-22)24-15-19(4)26(30)21(9-2)17-24;1-5-9-17-13-19(11-15(7-3)21(17)23)25-20-12-16(8-4)22(24)18(14-20)10-6-2;1-20(2,3)16-7-9-18(22)14(12-16)11-15-13-17(21(4,5)6)8-10-19(15)23;2*1-3-12-10-15(11-13(4-2)16(12)17)14-8-6-5-7-9-14;1-13(2,3)11-7-9-12(10-8-11)14(4,5)6;1-4-9-6-8(3)7-10(5-2)11(9)12;1-5-7-9(3,4)8-6-2/h14-17,22,29-30H,8-13H2,1-7H3;11-14,23-24H,5-10H2,1-4H3;7-10,12-13,22-23H,11H2,1-6H3;10-11,14,17H,3-9H2,1-2H3;5-11,17H,3-4H2,1-2H3;7-10H,1-6H3;6-7,12H,4-5H2,1-3H3;5-8H2,1-4H3. The van der Waals surface area contributed by atoms with E-state index >= 15 is 0 Å². The summed E-state index contributed by atoms with van der Waals surface area (Å²) in [4.78, 5) is 0. The summed E-state index contributed by atoms with van der Waals surface area (Å²) in [7, 11) is 0. The number of benzene rings is 11. The van der Waals surface area contributed by atoms with Gasteiger partial charge < -0.3 is 50.7 Å². The molecule has 0 radical (unpaired) electrons. The summed E-state index contributed by atoms with van der Waals surface area (Å²) in [5.41, 5.74) is 30.4. The van der Waals surface area contributed by atoms with Crippen molar-refractivity contribution in [1.29, 1.82) is 0 Å². The van der Waals surface area contributed by atoms with Crippen molar-refractivity contribution in [3.63, 3.8) is 0 Å². The molecule has 0 spiro atoms. The Morgan fingerprint density at radius 2 is 0.612 bits per heavy atom. The van der Waals surface area contributed by atoms with E-state index in [0.717, 1.165) is 196 Å². The van der Waals surface area contributed by atoms with Crippen molar-refractivity contribution in [3.05, 3.63) is 309 Å². The Hall–Kier alpha value is -10.6. The average molecular weight is 2010 g/mol. The minimum Gasteiger partial charge on any atom is -0.508 e. The second-order valence-corrected chi connectivity index (χ2v) is 47.5. The van der Waals surface area contributed by atoms with Gasteiger partial charge in [0.2, 0.25) is 0 Å². The van der Waals surface area contributed by atoms with Gasteiger partial charge in [0, 0.05) is 6.42 Å². The summed E-state index contributed by atoms with van der Waals surface area (Å²) in [5, 5.41) is 91.7. The molecule has 147 heavy (non-hydrogen) atoms. The molecule has 10 heteroatoms. The quantitative estimate of drug-likeness (QED) is 0.0239. The van der Waals surface area contributed by atoms with E-state index < -0.39 is 0 Å². The Morgan fingerprint density at radius 1 is 0.293 bits per heavy atom. The van der Waals surface area contributed by atoms with E-state index in [1.54, 1.807) is 12.1 Å². The third kappa shape index (κ3) is 36.4. The molecule has 0 amide bonds. The number of hydrogen-bond donors (Lipinski definition) is 9. The predicted molar refractivity (Wildman–Crippen MR) is 630 cm³/mol. The second kappa shape index (κ2) is 57.4. The Balaban J connectivity index is 0.000000263. The van der Waals surface area contributed by atoms with Gasteiger partial charge in [-0.3, -0.25) is 0 Å². The molecule has 10 nitrogen and oxygen atoms in total. The van der Waals surface area contributed by atoms with Crippen LogP contribution in [-0.2, 0) is 116 Å². The van der Waals surface area contributed by atoms with E-state index in [-0.39, 0.29) is 44.0 Å². The molecule has 0 heterocycles. The first-order valence-electron chi connectivity index (χ1n) is 56.4. The topological polar surface area (TPSA) is 191 Å². The molecule has 2 fully saturated rings. The van der Waals surface area contributed by atoms with E-state index in [9.17, 15) is 46.0 Å². The van der Waals surface area contributed by atoms with E-state index in [2.05, 4.69) is 305 Å². The zero-order valence-corrected chi connectivity index (χ0v) is 98.1. The number of ether oxygens (including phenoxy) is 1. The van der Waals surface area contributed by atoms with Gasteiger partial charge in [0.05, 0.1) is 0 Å². The summed E-state index contributed by atoms with van der Waals surface area (Å²) in [6, 6.07) is 60.1. The maximum Gasteiger partial charge on any atom is 0.128 e. The van der Waals surface area contributed by atoms with Crippen molar-refractivity contribution < 1.29 is 50.7 Å². The fraction of sp³-hybridized carbons (Fsp3) is 0.518. The van der Waals surface area contributed by atoms with Crippen LogP contribution in [0.2, 0.25) is 0 Å². The van der Waals surface area contributed by atoms with E-state index in [1.165, 1.54) is 139 Å². The highest BCUT2D eigenvalue weighted by atomic mass is 16.5. The highest BCUT2D eigenvalue weighted by Crippen LogP contribution is 2.51. The van der Waals surface area contributed by atoms with E-state index in [1.807, 2.05) is 94.4 Å². The number of phenols is 9. The highest BCUT2D eigenvalue weighted by Gasteiger charge is 2.41. The largest absolute Gasteiger partial charge is 0.508 e. The van der Waals surface area contributed by atoms with E-state index in [4.69, 9.17) is 4.74 Å². The van der Waals surface area contributed by atoms with Gasteiger partial charge in [-0.2, -0.15) is 0 Å². The Bertz CT molecular complexity index is 5650. The third-order valence-electron chi connectivity index (χ3n) is 30.8. The maximum atomic E-state index is 10.4. The summed E-state index contributed by atoms with van der Waals surface area (Å²) >= 11 is 0. The van der Waals surface area contributed by atoms with Crippen LogP contribution in [0.1, 0.15) is 450 Å². The molecule has 9 N–H and O–H groups in total. The summed E-state index contributed by atoms with van der Waals surface area (Å²) in [5.74, 6) is 6.61. The monoisotopic (exact) mass is 2000 g/mol. The van der Waals surface area contributed by atoms with Crippen molar-refractivity contribution in [2.24, 2.45) is 11.3 Å². The lowest BCUT2D eigenvalue weighted by molar-refractivity contribution is 0.178. The Morgan fingerprint density at radius 3 is 0.973 bits per heavy atom. The first kappa shape index (κ1) is 125. The fourth-order valence-corrected chi connectivity index (χ4v) is 20.7. The van der Waals surface area contributed by atoms with Gasteiger partial charge in [-0.25, -0.2) is 0 Å². The van der Waals surface area contributed by atoms with Crippen LogP contribution >= 0.6 is 0 Å². The van der Waals surface area contributed by atoms with Crippen LogP contribution in [0.25, 0.3) is 11.1 Å². The van der Waals surface area contributed by atoms with Gasteiger partial charge in [-0.05, 0) is 387 Å². The minimum atomic E-state index is 0.0255. The van der Waals surface area contributed by atoms with Crippen molar-refractivity contribution in [3.8, 4) is 74.4 Å². The summed E-state index contributed by atoms with van der Waals surface area (Å²) < 4.78 is 6.13. The molecule has 0 unspecified atom stereocenters. The Kier molecular flexibility index (Phi) is 48.9. The molecular weight excluding hydrogens is 1810 g/mol. The average Bonchev–Trinajstić information content (AvgIpc) is 0.760. The molecule has 0 atom stereocenters. The normalized spacial score (nSPS) is 14.4. The maximum absolute atomic E-state index is 10.4. The van der Waals surface area contributed by atoms with Crippen molar-refractivity contribution in [2.75, 3.05) is 0 Å². The summed E-state index contributed by atoms with van der Waals surface area (Å²) in [6.07, 6.45) is 29.7. The molecule has 806 valence electrons. The molecule has 13 rings (SSSR count). The molecule has 0 aliphatic heterocycles. The van der Waals surface area contributed by atoms with Crippen molar-refractivity contribution >= 4 is 0 Å². The van der Waals surface area contributed by atoms with Crippen molar-refractivity contribution in [1.82, 2.24) is 0 Å². The van der Waals surface area contributed by atoms with Gasteiger partial charge in [0.1, 0.15) is 63.2 Å². The molecule has 2 aliphatic carbocycles. The SMILES string of the molecule is CC(C)(C)c1ccc(C(C)(C)C)cc1.CC(C)(C)c1ccc(O)c(Cc2cc(C(C)(C)C)ccc2O)c1.CCCC(C)(C)CCC.CCCc1cc(Oc2cc(CC)c(O)c(CCC)c2)cc(CC)c1O.CCc1cc(-c2ccccc2)cc(CC)c1O.CCc1cc(C)cc(CC)c1O.CCc1cc(C2(C)CCC(C(C)(C)c3cc(C)c(O)c(CC)c3)CC2)cc(C)c1O.CCc1cc(C2CCCCC2)cc(CC)c1O. The second-order valence-electron chi connectivity index (χ2n) is 47.5. The highest BCUT2D eigenvalue weighted by molar-refractivity contribution is 5.68. The number of aryl methyl sites for hydroxylation is 15. The van der Waals surface area contributed by atoms with Gasteiger partial charge in [-0.1, -0.05) is 393 Å². The zero-order valence-electron chi connectivity index (χ0n) is 98.1. The van der Waals surface area contributed by atoms with Crippen LogP contribution in [0.15, 0.2) is 176 Å². The van der Waals surface area contributed by atoms with Crippen LogP contribution < -0.4 is 4.74 Å². The smallest absolute Gasteiger partial charge is 0.128 e. The molecule has 11 aromatic carbocycles. The minimum absolute atomic E-state index is 0.0255. The van der Waals surface area contributed by atoms with Crippen LogP contribution in [-0.4, -0.2) is 46.0 Å². The zero-order chi connectivity index (χ0) is 110. The number of aromatic hydroxyl groups is 9. The first-order chi connectivity index (χ1) is 69.1. The van der Waals surface area contributed by atoms with Crippen LogP contribution in [0.3, 0.4) is 0 Å². The third-order valence-corrected chi connectivity index (χ3v) is 30.8. The van der Waals surface area contributed by atoms with Crippen LogP contribution in [0.5, 0.6) is 63.2 Å². The molecule has 2 aliphatic rings. The van der Waals surface area contributed by atoms with E-state index in [0.29, 0.717) is 58.0 Å². The lowest BCUT2D eigenvalue weighted by atomic mass is 9.60. The van der Waals surface area contributed by atoms with Crippen LogP contribution in [0.4, 0.5) is 0 Å². The molecule has 2 saturated carbocycles. The summed E-state index contributed by atoms with van der Waals surface area (Å²) in [6.45, 7) is 73.9. The number of phenolic OH excluding ortho intramolecular Hbond substituents is 9. The Labute approximate surface area is 893 Å². The molecule has 0 bridgehead atoms. The van der Waals surface area contributed by atoms with Gasteiger partial charge in [-0.15, -0.1) is 0 Å². The lowest BCUT2D eigenvalue weighted by Crippen LogP contribution is -2.37. The molecule has 0 saturated heterocycles. The number of hydrogen-bond acceptors (Lipinski definition) is 10. The first-order valence-corrected chi connectivity index (χ1v) is 56.4. The van der Waals surface area contributed by atoms with Crippen LogP contribution in [0, 0.1) is 32.1 Å². The molecule has 11 aromatic rings.